The fraction of sp³-hybridized carbons (Fsp3) is 1.00. The van der Waals surface area contributed by atoms with E-state index in [0.29, 0.717) is 0 Å². The minimum absolute atomic E-state index is 0.773. The summed E-state index contributed by atoms with van der Waals surface area (Å²) in [5.41, 5.74) is 0. The summed E-state index contributed by atoms with van der Waals surface area (Å²) in [4.78, 5) is 2.73. The summed E-state index contributed by atoms with van der Waals surface area (Å²) in [6.07, 6.45) is 6.87. The van der Waals surface area contributed by atoms with Crippen LogP contribution in [0.2, 0.25) is 0 Å². The van der Waals surface area contributed by atoms with Gasteiger partial charge < -0.3 is 5.32 Å². The number of nitrogens with one attached hydrogen (secondary N) is 1. The van der Waals surface area contributed by atoms with E-state index in [-0.39, 0.29) is 0 Å². The molecule has 1 aliphatic rings. The molecule has 1 heterocycles. The second-order valence-electron chi connectivity index (χ2n) is 5.32. The van der Waals surface area contributed by atoms with Gasteiger partial charge >= 0.3 is 0 Å². The minimum atomic E-state index is 0.773. The Kier molecular flexibility index (Phi) is 7.06. The lowest BCUT2D eigenvalue weighted by Crippen LogP contribution is -2.42. The van der Waals surface area contributed by atoms with Crippen molar-refractivity contribution in [2.45, 2.75) is 58.9 Å². The zero-order chi connectivity index (χ0) is 11.8. The van der Waals surface area contributed by atoms with Crippen molar-refractivity contribution in [2.75, 3.05) is 26.2 Å². The average molecular weight is 226 g/mol. The molecule has 16 heavy (non-hydrogen) atoms. The van der Waals surface area contributed by atoms with Gasteiger partial charge in [0, 0.05) is 12.6 Å². The van der Waals surface area contributed by atoms with Crippen molar-refractivity contribution >= 4 is 0 Å². The standard InChI is InChI=1S/C14H30N2/c1-4-7-14(12-15-5-2)16-10-6-8-13(3)9-11-16/h13-15H,4-12H2,1-3H3. The van der Waals surface area contributed by atoms with Gasteiger partial charge in [0.15, 0.2) is 0 Å². The Balaban J connectivity index is 2.41. The highest BCUT2D eigenvalue weighted by molar-refractivity contribution is 4.77. The predicted molar refractivity (Wildman–Crippen MR) is 71.8 cm³/mol. The van der Waals surface area contributed by atoms with Crippen LogP contribution in [0.15, 0.2) is 0 Å². The van der Waals surface area contributed by atoms with E-state index in [2.05, 4.69) is 31.0 Å². The summed E-state index contributed by atoms with van der Waals surface area (Å²) < 4.78 is 0. The molecule has 96 valence electrons. The van der Waals surface area contributed by atoms with Crippen LogP contribution in [0.3, 0.4) is 0 Å². The van der Waals surface area contributed by atoms with Gasteiger partial charge in [0.1, 0.15) is 0 Å². The van der Waals surface area contributed by atoms with Crippen LogP contribution in [0.25, 0.3) is 0 Å². The van der Waals surface area contributed by atoms with E-state index in [1.165, 1.54) is 51.7 Å². The Bertz CT molecular complexity index is 168. The summed E-state index contributed by atoms with van der Waals surface area (Å²) in [5, 5.41) is 3.52. The van der Waals surface area contributed by atoms with Crippen molar-refractivity contribution < 1.29 is 0 Å². The van der Waals surface area contributed by atoms with Crippen molar-refractivity contribution in [2.24, 2.45) is 5.92 Å². The first-order valence-electron chi connectivity index (χ1n) is 7.22. The van der Waals surface area contributed by atoms with Gasteiger partial charge in [0.2, 0.25) is 0 Å². The van der Waals surface area contributed by atoms with E-state index < -0.39 is 0 Å². The maximum absolute atomic E-state index is 3.52. The zero-order valence-electron chi connectivity index (χ0n) is 11.5. The third-order valence-electron chi connectivity index (χ3n) is 3.82. The molecule has 2 atom stereocenters. The summed E-state index contributed by atoms with van der Waals surface area (Å²) >= 11 is 0. The highest BCUT2D eigenvalue weighted by Gasteiger charge is 2.20. The fourth-order valence-electron chi connectivity index (χ4n) is 2.71. The van der Waals surface area contributed by atoms with Gasteiger partial charge in [-0.3, -0.25) is 4.90 Å². The van der Waals surface area contributed by atoms with Gasteiger partial charge in [0.25, 0.3) is 0 Å². The second-order valence-corrected chi connectivity index (χ2v) is 5.32. The molecular formula is C14H30N2. The monoisotopic (exact) mass is 226 g/mol. The normalized spacial score (nSPS) is 25.3. The van der Waals surface area contributed by atoms with Crippen LogP contribution in [0.5, 0.6) is 0 Å². The minimum Gasteiger partial charge on any atom is -0.315 e. The van der Waals surface area contributed by atoms with E-state index in [9.17, 15) is 0 Å². The van der Waals surface area contributed by atoms with Gasteiger partial charge in [0.05, 0.1) is 0 Å². The van der Waals surface area contributed by atoms with Gasteiger partial charge in [-0.2, -0.15) is 0 Å². The third-order valence-corrected chi connectivity index (χ3v) is 3.82. The number of likely N-dealkylation sites (N-methyl/N-ethyl adjacent to an activating group) is 1. The average Bonchev–Trinajstić information content (AvgIpc) is 2.49. The van der Waals surface area contributed by atoms with Crippen molar-refractivity contribution in [3.63, 3.8) is 0 Å². The van der Waals surface area contributed by atoms with E-state index in [1.807, 2.05) is 0 Å². The van der Waals surface area contributed by atoms with Crippen LogP contribution in [0.4, 0.5) is 0 Å². The molecule has 0 saturated carbocycles. The highest BCUT2D eigenvalue weighted by Crippen LogP contribution is 2.19. The molecule has 0 aliphatic carbocycles. The molecule has 0 spiro atoms. The van der Waals surface area contributed by atoms with Crippen LogP contribution in [-0.4, -0.2) is 37.1 Å². The zero-order valence-corrected chi connectivity index (χ0v) is 11.5. The molecule has 0 aromatic carbocycles. The van der Waals surface area contributed by atoms with Crippen molar-refractivity contribution in [3.8, 4) is 0 Å². The molecule has 1 fully saturated rings. The molecule has 1 rings (SSSR count). The first-order valence-corrected chi connectivity index (χ1v) is 7.22. The Morgan fingerprint density at radius 3 is 2.75 bits per heavy atom. The molecular weight excluding hydrogens is 196 g/mol. The summed E-state index contributed by atoms with van der Waals surface area (Å²) in [7, 11) is 0. The second kappa shape index (κ2) is 8.08. The van der Waals surface area contributed by atoms with Gasteiger partial charge in [-0.15, -0.1) is 0 Å². The Hall–Kier alpha value is -0.0800. The quantitative estimate of drug-likeness (QED) is 0.749. The largest absolute Gasteiger partial charge is 0.315 e. The fourth-order valence-corrected chi connectivity index (χ4v) is 2.71. The van der Waals surface area contributed by atoms with E-state index in [1.54, 1.807) is 0 Å². The Morgan fingerprint density at radius 2 is 2.06 bits per heavy atom. The van der Waals surface area contributed by atoms with Crippen molar-refractivity contribution in [1.82, 2.24) is 10.2 Å². The van der Waals surface area contributed by atoms with Crippen molar-refractivity contribution in [1.29, 1.82) is 0 Å². The third kappa shape index (κ3) is 4.84. The van der Waals surface area contributed by atoms with Crippen LogP contribution >= 0.6 is 0 Å². The number of rotatable bonds is 6. The first-order chi connectivity index (χ1) is 7.77. The summed E-state index contributed by atoms with van der Waals surface area (Å²) in [5.74, 6) is 0.936. The van der Waals surface area contributed by atoms with Crippen LogP contribution in [0, 0.1) is 5.92 Å². The number of nitrogens with zero attached hydrogens (tertiary/aromatic N) is 1. The molecule has 0 bridgehead atoms. The SMILES string of the molecule is CCCC(CNCC)N1CCCC(C)CC1. The van der Waals surface area contributed by atoms with Crippen LogP contribution < -0.4 is 5.32 Å². The molecule has 1 N–H and O–H groups in total. The molecule has 2 unspecified atom stereocenters. The maximum atomic E-state index is 3.52. The lowest BCUT2D eigenvalue weighted by Gasteiger charge is -2.30. The van der Waals surface area contributed by atoms with E-state index in [0.717, 1.165) is 18.5 Å². The highest BCUT2D eigenvalue weighted by atomic mass is 15.2. The Labute approximate surface area is 102 Å². The lowest BCUT2D eigenvalue weighted by molar-refractivity contribution is 0.187. The smallest absolute Gasteiger partial charge is 0.0220 e. The van der Waals surface area contributed by atoms with Gasteiger partial charge in [-0.05, 0) is 51.2 Å². The van der Waals surface area contributed by atoms with Crippen LogP contribution in [-0.2, 0) is 0 Å². The molecule has 2 nitrogen and oxygen atoms in total. The summed E-state index contributed by atoms with van der Waals surface area (Å²) in [6, 6.07) is 0.773. The lowest BCUT2D eigenvalue weighted by atomic mass is 10.0. The van der Waals surface area contributed by atoms with Crippen LogP contribution in [0.1, 0.15) is 52.9 Å². The first kappa shape index (κ1) is 14.0. The maximum Gasteiger partial charge on any atom is 0.0220 e. The summed E-state index contributed by atoms with van der Waals surface area (Å²) in [6.45, 7) is 11.8. The molecule has 2 heteroatoms. The number of likely N-dealkylation sites (tertiary alicyclic amines) is 1. The van der Waals surface area contributed by atoms with E-state index in [4.69, 9.17) is 0 Å². The van der Waals surface area contributed by atoms with Crippen molar-refractivity contribution in [3.05, 3.63) is 0 Å². The Morgan fingerprint density at radius 1 is 1.25 bits per heavy atom. The number of hydrogen-bond acceptors (Lipinski definition) is 2. The van der Waals surface area contributed by atoms with Gasteiger partial charge in [-0.25, -0.2) is 0 Å². The topological polar surface area (TPSA) is 15.3 Å². The number of hydrogen-bond donors (Lipinski definition) is 1. The molecule has 0 aromatic heterocycles. The molecule has 0 amide bonds. The molecule has 1 aliphatic heterocycles. The molecule has 0 radical (unpaired) electrons. The van der Waals surface area contributed by atoms with E-state index >= 15 is 0 Å². The molecule has 1 saturated heterocycles. The molecule has 0 aromatic rings. The van der Waals surface area contributed by atoms with Gasteiger partial charge in [-0.1, -0.05) is 27.2 Å². The predicted octanol–water partition coefficient (Wildman–Crippen LogP) is 2.89.